The zero-order valence-corrected chi connectivity index (χ0v) is 11.2. The molecule has 0 saturated heterocycles. The van der Waals surface area contributed by atoms with Gasteiger partial charge in [-0.1, -0.05) is 12.1 Å². The molecule has 0 bridgehead atoms. The Balaban J connectivity index is 2.42. The van der Waals surface area contributed by atoms with E-state index in [0.717, 1.165) is 11.4 Å². The molecule has 0 aliphatic carbocycles. The van der Waals surface area contributed by atoms with Crippen molar-refractivity contribution in [3.63, 3.8) is 0 Å². The number of rotatable bonds is 5. The van der Waals surface area contributed by atoms with Crippen LogP contribution in [-0.2, 0) is 0 Å². The first kappa shape index (κ1) is 13.1. The summed E-state index contributed by atoms with van der Waals surface area (Å²) < 4.78 is 16.0. The summed E-state index contributed by atoms with van der Waals surface area (Å²) in [5, 5.41) is 3.27. The lowest BCUT2D eigenvalue weighted by molar-refractivity contribution is 0.378. The normalized spacial score (nSPS) is 9.84. The molecule has 2 rings (SSSR count). The average molecular weight is 258 g/mol. The van der Waals surface area contributed by atoms with E-state index in [0.29, 0.717) is 17.2 Å². The molecular formula is C15H16NO3. The molecule has 2 aromatic rings. The Morgan fingerprint density at radius 2 is 1.47 bits per heavy atom. The third-order valence-corrected chi connectivity index (χ3v) is 2.70. The van der Waals surface area contributed by atoms with Crippen LogP contribution in [0.15, 0.2) is 36.4 Å². The lowest BCUT2D eigenvalue weighted by Gasteiger charge is -2.16. The lowest BCUT2D eigenvalue weighted by atomic mass is 10.2. The number of benzene rings is 2. The van der Waals surface area contributed by atoms with Crippen LogP contribution in [0.5, 0.6) is 17.2 Å². The second-order valence-electron chi connectivity index (χ2n) is 3.82. The fourth-order valence-electron chi connectivity index (χ4n) is 1.74. The summed E-state index contributed by atoms with van der Waals surface area (Å²) in [6.07, 6.45) is 0. The molecule has 4 heteroatoms. The number of anilines is 2. The van der Waals surface area contributed by atoms with Crippen molar-refractivity contribution in [3.05, 3.63) is 42.5 Å². The minimum Gasteiger partial charge on any atom is -0.496 e. The molecule has 99 valence electrons. The highest BCUT2D eigenvalue weighted by molar-refractivity contribution is 5.74. The molecule has 0 aliphatic rings. The third-order valence-electron chi connectivity index (χ3n) is 2.70. The highest BCUT2D eigenvalue weighted by Gasteiger charge is 2.13. The van der Waals surface area contributed by atoms with E-state index in [2.05, 4.69) is 11.4 Å². The largest absolute Gasteiger partial charge is 0.496 e. The molecule has 0 saturated carbocycles. The van der Waals surface area contributed by atoms with Crippen LogP contribution in [0.25, 0.3) is 0 Å². The Morgan fingerprint density at radius 1 is 0.895 bits per heavy atom. The summed E-state index contributed by atoms with van der Waals surface area (Å²) >= 11 is 0. The highest BCUT2D eigenvalue weighted by atomic mass is 16.5. The maximum absolute atomic E-state index is 5.37. The van der Waals surface area contributed by atoms with Crippen LogP contribution in [-0.4, -0.2) is 21.3 Å². The molecule has 19 heavy (non-hydrogen) atoms. The summed E-state index contributed by atoms with van der Waals surface area (Å²) in [6.45, 7) is 0. The van der Waals surface area contributed by atoms with Gasteiger partial charge in [0.2, 0.25) is 0 Å². The van der Waals surface area contributed by atoms with Gasteiger partial charge in [-0.2, -0.15) is 0 Å². The van der Waals surface area contributed by atoms with E-state index < -0.39 is 0 Å². The zero-order valence-electron chi connectivity index (χ0n) is 11.2. The van der Waals surface area contributed by atoms with E-state index in [1.165, 1.54) is 0 Å². The van der Waals surface area contributed by atoms with E-state index >= 15 is 0 Å². The first-order chi connectivity index (χ1) is 9.28. The van der Waals surface area contributed by atoms with Crippen LogP contribution in [0.2, 0.25) is 0 Å². The van der Waals surface area contributed by atoms with E-state index in [1.54, 1.807) is 33.5 Å². The smallest absolute Gasteiger partial charge is 0.149 e. The van der Waals surface area contributed by atoms with Gasteiger partial charge < -0.3 is 19.5 Å². The Labute approximate surface area is 112 Å². The quantitative estimate of drug-likeness (QED) is 0.893. The predicted octanol–water partition coefficient (Wildman–Crippen LogP) is 3.26. The second-order valence-corrected chi connectivity index (χ2v) is 3.82. The maximum atomic E-state index is 5.37. The molecular weight excluding hydrogens is 242 g/mol. The summed E-state index contributed by atoms with van der Waals surface area (Å²) in [5.74, 6) is 1.99. The van der Waals surface area contributed by atoms with Gasteiger partial charge in [0.15, 0.2) is 0 Å². The van der Waals surface area contributed by atoms with Gasteiger partial charge in [-0.3, -0.25) is 0 Å². The molecule has 0 heterocycles. The molecule has 0 aliphatic heterocycles. The fraction of sp³-hybridized carbons (Fsp3) is 0.200. The molecule has 0 fully saturated rings. The van der Waals surface area contributed by atoms with Crippen LogP contribution in [0.3, 0.4) is 0 Å². The summed E-state index contributed by atoms with van der Waals surface area (Å²) in [7, 11) is 4.82. The van der Waals surface area contributed by atoms with Crippen LogP contribution < -0.4 is 19.5 Å². The van der Waals surface area contributed by atoms with Gasteiger partial charge in [-0.25, -0.2) is 0 Å². The Morgan fingerprint density at radius 3 is 1.95 bits per heavy atom. The van der Waals surface area contributed by atoms with Crippen LogP contribution in [0, 0.1) is 6.07 Å². The molecule has 1 radical (unpaired) electrons. The molecule has 0 amide bonds. The fourth-order valence-corrected chi connectivity index (χ4v) is 1.74. The van der Waals surface area contributed by atoms with Gasteiger partial charge in [-0.15, -0.1) is 0 Å². The molecule has 4 nitrogen and oxygen atoms in total. The lowest BCUT2D eigenvalue weighted by Crippen LogP contribution is -1.99. The van der Waals surface area contributed by atoms with E-state index in [-0.39, 0.29) is 0 Å². The number of hydrogen-bond acceptors (Lipinski definition) is 4. The van der Waals surface area contributed by atoms with Crippen molar-refractivity contribution in [2.24, 2.45) is 0 Å². The van der Waals surface area contributed by atoms with Gasteiger partial charge in [0, 0.05) is 17.8 Å². The van der Waals surface area contributed by atoms with Crippen molar-refractivity contribution in [1.29, 1.82) is 0 Å². The molecule has 0 atom stereocenters. The van der Waals surface area contributed by atoms with Crippen molar-refractivity contribution in [3.8, 4) is 17.2 Å². The van der Waals surface area contributed by atoms with Gasteiger partial charge in [0.25, 0.3) is 0 Å². The summed E-state index contributed by atoms with van der Waals surface area (Å²) in [5.41, 5.74) is 1.69. The molecule has 0 spiro atoms. The average Bonchev–Trinajstić information content (AvgIpc) is 2.48. The van der Waals surface area contributed by atoms with Crippen LogP contribution in [0.1, 0.15) is 0 Å². The van der Waals surface area contributed by atoms with Crippen LogP contribution >= 0.6 is 0 Å². The molecule has 1 N–H and O–H groups in total. The molecule has 0 aromatic heterocycles. The topological polar surface area (TPSA) is 39.7 Å². The van der Waals surface area contributed by atoms with Gasteiger partial charge in [0.05, 0.1) is 21.3 Å². The number of ether oxygens (including phenoxy) is 3. The van der Waals surface area contributed by atoms with Gasteiger partial charge in [-0.05, 0) is 18.2 Å². The Bertz CT molecular complexity index is 515. The van der Waals surface area contributed by atoms with Crippen molar-refractivity contribution in [2.45, 2.75) is 0 Å². The first-order valence-electron chi connectivity index (χ1n) is 5.81. The SMILES string of the molecule is COc1cc(OC)c(Nc2cc[c]cc2)c(OC)c1. The number of nitrogens with one attached hydrogen (secondary N) is 1. The van der Waals surface area contributed by atoms with Crippen molar-refractivity contribution in [1.82, 2.24) is 0 Å². The molecule has 2 aromatic carbocycles. The van der Waals surface area contributed by atoms with Crippen molar-refractivity contribution >= 4 is 11.4 Å². The Kier molecular flexibility index (Phi) is 4.13. The van der Waals surface area contributed by atoms with Crippen molar-refractivity contribution in [2.75, 3.05) is 26.6 Å². The standard InChI is InChI=1S/C15H16NO3/c1-17-12-9-13(18-2)15(14(10-12)19-3)16-11-7-5-4-6-8-11/h5-10,16H,1-3H3. The molecule has 0 unspecified atom stereocenters. The van der Waals surface area contributed by atoms with Crippen LogP contribution in [0.4, 0.5) is 11.4 Å². The van der Waals surface area contributed by atoms with Crippen molar-refractivity contribution < 1.29 is 14.2 Å². The predicted molar refractivity (Wildman–Crippen MR) is 74.7 cm³/mol. The Hall–Kier alpha value is -2.36. The van der Waals surface area contributed by atoms with Gasteiger partial charge >= 0.3 is 0 Å². The first-order valence-corrected chi connectivity index (χ1v) is 5.81. The summed E-state index contributed by atoms with van der Waals surface area (Å²) in [6, 6.07) is 14.1. The minimum atomic E-state index is 0.657. The van der Waals surface area contributed by atoms with Gasteiger partial charge in [0.1, 0.15) is 22.9 Å². The third kappa shape index (κ3) is 2.91. The minimum absolute atomic E-state index is 0.657. The zero-order chi connectivity index (χ0) is 13.7. The maximum Gasteiger partial charge on any atom is 0.149 e. The summed E-state index contributed by atoms with van der Waals surface area (Å²) in [4.78, 5) is 0. The number of methoxy groups -OCH3 is 3. The van der Waals surface area contributed by atoms with E-state index in [9.17, 15) is 0 Å². The highest BCUT2D eigenvalue weighted by Crippen LogP contribution is 2.40. The monoisotopic (exact) mass is 258 g/mol. The van der Waals surface area contributed by atoms with E-state index in [1.807, 2.05) is 24.3 Å². The second kappa shape index (κ2) is 6.00. The number of hydrogen-bond donors (Lipinski definition) is 1. The van der Waals surface area contributed by atoms with E-state index in [4.69, 9.17) is 14.2 Å².